The molecule has 7 nitrogen and oxygen atoms in total. The highest BCUT2D eigenvalue weighted by Gasteiger charge is 2.30. The smallest absolute Gasteiger partial charge is 0.243 e. The molecule has 0 aliphatic carbocycles. The van der Waals surface area contributed by atoms with Crippen LogP contribution in [-0.2, 0) is 32.6 Å². The average molecular weight is 568 g/mol. The zero-order valence-electron chi connectivity index (χ0n) is 23.6. The van der Waals surface area contributed by atoms with Crippen LogP contribution in [0.3, 0.4) is 0 Å². The van der Waals surface area contributed by atoms with E-state index < -0.39 is 21.9 Å². The highest BCUT2D eigenvalue weighted by atomic mass is 32.2. The fraction of sp³-hybridized carbons (Fsp3) is 0.355. The van der Waals surface area contributed by atoms with Crippen molar-refractivity contribution in [1.82, 2.24) is 10.2 Å². The summed E-state index contributed by atoms with van der Waals surface area (Å²) in [5, 5.41) is 2.84. The Hall–Kier alpha value is -3.72. The highest BCUT2D eigenvalue weighted by Crippen LogP contribution is 2.26. The maximum Gasteiger partial charge on any atom is 0.243 e. The molecular formula is C31H38FN3O4S. The SMILES string of the molecule is CCNC(=O)[C@H](Cc1ccccc1)N(Cc1ccc(F)cc1)C(=O)CCCN(c1cccc(C)c1C)S(C)(=O)=O. The monoisotopic (exact) mass is 567 g/mol. The molecule has 0 heterocycles. The number of anilines is 1. The van der Waals surface area contributed by atoms with Crippen molar-refractivity contribution in [3.63, 3.8) is 0 Å². The van der Waals surface area contributed by atoms with Crippen LogP contribution in [0, 0.1) is 19.7 Å². The Balaban J connectivity index is 1.87. The Morgan fingerprint density at radius 2 is 1.60 bits per heavy atom. The van der Waals surface area contributed by atoms with E-state index in [1.165, 1.54) is 21.3 Å². The molecule has 2 amide bonds. The molecule has 9 heteroatoms. The van der Waals surface area contributed by atoms with Gasteiger partial charge in [-0.1, -0.05) is 54.6 Å². The summed E-state index contributed by atoms with van der Waals surface area (Å²) in [4.78, 5) is 28.5. The minimum atomic E-state index is -3.60. The van der Waals surface area contributed by atoms with E-state index in [0.717, 1.165) is 22.9 Å². The topological polar surface area (TPSA) is 86.8 Å². The van der Waals surface area contributed by atoms with Crippen molar-refractivity contribution in [3.05, 3.63) is 101 Å². The van der Waals surface area contributed by atoms with Gasteiger partial charge in [0.05, 0.1) is 11.9 Å². The normalized spacial score (nSPS) is 12.0. The summed E-state index contributed by atoms with van der Waals surface area (Å²) in [7, 11) is -3.60. The molecule has 40 heavy (non-hydrogen) atoms. The molecule has 3 aromatic rings. The molecule has 0 saturated carbocycles. The van der Waals surface area contributed by atoms with Crippen LogP contribution in [0.25, 0.3) is 0 Å². The first-order valence-corrected chi connectivity index (χ1v) is 15.3. The summed E-state index contributed by atoms with van der Waals surface area (Å²) in [5.74, 6) is -0.959. The van der Waals surface area contributed by atoms with Crippen LogP contribution in [0.2, 0.25) is 0 Å². The quantitative estimate of drug-likeness (QED) is 0.323. The number of carbonyl (C=O) groups excluding carboxylic acids is 2. The van der Waals surface area contributed by atoms with E-state index in [0.29, 0.717) is 24.2 Å². The molecule has 0 aliphatic heterocycles. The van der Waals surface area contributed by atoms with E-state index >= 15 is 0 Å². The Morgan fingerprint density at radius 3 is 2.23 bits per heavy atom. The molecule has 0 bridgehead atoms. The lowest BCUT2D eigenvalue weighted by Gasteiger charge is -2.32. The highest BCUT2D eigenvalue weighted by molar-refractivity contribution is 7.92. The van der Waals surface area contributed by atoms with Crippen molar-refractivity contribution in [3.8, 4) is 0 Å². The van der Waals surface area contributed by atoms with Crippen LogP contribution in [0.4, 0.5) is 10.1 Å². The van der Waals surface area contributed by atoms with Crippen LogP contribution in [-0.4, -0.2) is 50.5 Å². The van der Waals surface area contributed by atoms with E-state index in [-0.39, 0.29) is 37.7 Å². The maximum absolute atomic E-state index is 13.7. The van der Waals surface area contributed by atoms with Crippen molar-refractivity contribution in [2.24, 2.45) is 0 Å². The second-order valence-corrected chi connectivity index (χ2v) is 11.8. The molecule has 0 fully saturated rings. The maximum atomic E-state index is 13.7. The first kappa shape index (κ1) is 30.8. The molecule has 0 spiro atoms. The van der Waals surface area contributed by atoms with Gasteiger partial charge in [0.1, 0.15) is 11.9 Å². The van der Waals surface area contributed by atoms with Crippen LogP contribution in [0.5, 0.6) is 0 Å². The lowest BCUT2D eigenvalue weighted by atomic mass is 10.0. The molecule has 3 aromatic carbocycles. The predicted octanol–water partition coefficient (Wildman–Crippen LogP) is 4.76. The Morgan fingerprint density at radius 1 is 0.925 bits per heavy atom. The van der Waals surface area contributed by atoms with Gasteiger partial charge < -0.3 is 10.2 Å². The number of hydrogen-bond acceptors (Lipinski definition) is 4. The van der Waals surface area contributed by atoms with E-state index in [2.05, 4.69) is 5.32 Å². The number of amides is 2. The average Bonchev–Trinajstić information content (AvgIpc) is 2.91. The number of carbonyl (C=O) groups is 2. The van der Waals surface area contributed by atoms with Crippen LogP contribution in [0.15, 0.2) is 72.8 Å². The standard InChI is InChI=1S/C31H38FN3O4S/c1-5-33-31(37)29(21-25-12-7-6-8-13-25)34(22-26-16-18-27(32)19-17-26)30(36)15-10-20-35(40(4,38)39)28-14-9-11-23(2)24(28)3/h6-9,11-14,16-19,29H,5,10,15,20-22H2,1-4H3,(H,33,37)/t29-/m0/s1. The lowest BCUT2D eigenvalue weighted by molar-refractivity contribution is -0.141. The van der Waals surface area contributed by atoms with Crippen molar-refractivity contribution in [2.45, 2.75) is 52.6 Å². The van der Waals surface area contributed by atoms with Crippen molar-refractivity contribution >= 4 is 27.5 Å². The second-order valence-electron chi connectivity index (χ2n) is 9.91. The molecule has 0 saturated heterocycles. The van der Waals surface area contributed by atoms with E-state index in [9.17, 15) is 22.4 Å². The molecule has 1 atom stereocenters. The van der Waals surface area contributed by atoms with Crippen LogP contribution >= 0.6 is 0 Å². The number of nitrogens with one attached hydrogen (secondary N) is 1. The number of halogens is 1. The summed E-state index contributed by atoms with van der Waals surface area (Å²) in [6, 6.07) is 20.0. The van der Waals surface area contributed by atoms with E-state index in [1.54, 1.807) is 18.2 Å². The van der Waals surface area contributed by atoms with Gasteiger partial charge in [-0.2, -0.15) is 0 Å². The lowest BCUT2D eigenvalue weighted by Crippen LogP contribution is -2.50. The van der Waals surface area contributed by atoms with Gasteiger partial charge in [-0.25, -0.2) is 12.8 Å². The minimum Gasteiger partial charge on any atom is -0.355 e. The predicted molar refractivity (Wildman–Crippen MR) is 157 cm³/mol. The third kappa shape index (κ3) is 8.39. The molecule has 1 N–H and O–H groups in total. The van der Waals surface area contributed by atoms with Gasteiger partial charge in [0, 0.05) is 32.5 Å². The Labute approximate surface area is 237 Å². The van der Waals surface area contributed by atoms with E-state index in [4.69, 9.17) is 0 Å². The number of hydrogen-bond donors (Lipinski definition) is 1. The first-order valence-electron chi connectivity index (χ1n) is 13.4. The number of rotatable bonds is 13. The van der Waals surface area contributed by atoms with Crippen molar-refractivity contribution in [1.29, 1.82) is 0 Å². The Kier molecular flexibility index (Phi) is 10.8. The van der Waals surface area contributed by atoms with Crippen molar-refractivity contribution < 1.29 is 22.4 Å². The molecular weight excluding hydrogens is 529 g/mol. The number of likely N-dealkylation sites (N-methyl/N-ethyl adjacent to an activating group) is 1. The fourth-order valence-corrected chi connectivity index (χ4v) is 5.64. The van der Waals surface area contributed by atoms with Gasteiger partial charge >= 0.3 is 0 Å². The van der Waals surface area contributed by atoms with Crippen molar-refractivity contribution in [2.75, 3.05) is 23.7 Å². The third-order valence-corrected chi connectivity index (χ3v) is 8.07. The summed E-state index contributed by atoms with van der Waals surface area (Å²) in [6.07, 6.45) is 1.75. The minimum absolute atomic E-state index is 0.0305. The number of sulfonamides is 1. The van der Waals surface area contributed by atoms with Gasteiger partial charge in [-0.15, -0.1) is 0 Å². The van der Waals surface area contributed by atoms with Gasteiger partial charge in [-0.3, -0.25) is 13.9 Å². The van der Waals surface area contributed by atoms with Crippen LogP contribution in [0.1, 0.15) is 42.0 Å². The number of aryl methyl sites for hydroxylation is 1. The van der Waals surface area contributed by atoms with Gasteiger partial charge in [-0.05, 0) is 67.6 Å². The van der Waals surface area contributed by atoms with Gasteiger partial charge in [0.2, 0.25) is 21.8 Å². The van der Waals surface area contributed by atoms with E-state index in [1.807, 2.05) is 63.2 Å². The molecule has 0 aliphatic rings. The summed E-state index contributed by atoms with van der Waals surface area (Å²) < 4.78 is 40.3. The fourth-order valence-electron chi connectivity index (χ4n) is 4.62. The first-order chi connectivity index (χ1) is 19.0. The molecule has 214 valence electrons. The molecule has 0 unspecified atom stereocenters. The largest absolute Gasteiger partial charge is 0.355 e. The summed E-state index contributed by atoms with van der Waals surface area (Å²) in [6.45, 7) is 6.24. The Bertz CT molecular complexity index is 1400. The second kappa shape index (κ2) is 14.1. The van der Waals surface area contributed by atoms with Gasteiger partial charge in [0.15, 0.2) is 0 Å². The molecule has 0 radical (unpaired) electrons. The number of benzene rings is 3. The number of nitrogens with zero attached hydrogens (tertiary/aromatic N) is 2. The zero-order chi connectivity index (χ0) is 29.3. The molecule has 0 aromatic heterocycles. The zero-order valence-corrected chi connectivity index (χ0v) is 24.4. The van der Waals surface area contributed by atoms with Gasteiger partial charge in [0.25, 0.3) is 0 Å². The summed E-state index contributed by atoms with van der Waals surface area (Å²) in [5.41, 5.74) is 4.00. The molecule has 3 rings (SSSR count). The van der Waals surface area contributed by atoms with Crippen LogP contribution < -0.4 is 9.62 Å². The summed E-state index contributed by atoms with van der Waals surface area (Å²) >= 11 is 0. The third-order valence-electron chi connectivity index (χ3n) is 6.89.